The minimum Gasteiger partial charge on any atom is -0.396 e. The fourth-order valence-corrected chi connectivity index (χ4v) is 2.74. The molecule has 6 N–H and O–H groups in total. The Morgan fingerprint density at radius 2 is 2.12 bits per heavy atom. The van der Waals surface area contributed by atoms with Gasteiger partial charge in [0.15, 0.2) is 11.2 Å². The van der Waals surface area contributed by atoms with Crippen molar-refractivity contribution < 1.29 is 23.2 Å². The summed E-state index contributed by atoms with van der Waals surface area (Å²) in [6, 6.07) is -0.263. The van der Waals surface area contributed by atoms with Crippen molar-refractivity contribution in [1.29, 1.82) is 0 Å². The maximum absolute atomic E-state index is 11.7. The molecule has 0 radical (unpaired) electrons. The van der Waals surface area contributed by atoms with Crippen molar-refractivity contribution in [1.82, 2.24) is 19.5 Å². The quantitative estimate of drug-likeness (QED) is 0.314. The number of nitrogens with zero attached hydrogens (tertiary/aromatic N) is 3. The van der Waals surface area contributed by atoms with Gasteiger partial charge in [-0.2, -0.15) is 13.4 Å². The molecule has 0 spiro atoms. The lowest BCUT2D eigenvalue weighted by atomic mass is 10.0. The van der Waals surface area contributed by atoms with E-state index in [-0.39, 0.29) is 30.0 Å². The second-order valence-corrected chi connectivity index (χ2v) is 7.16. The summed E-state index contributed by atoms with van der Waals surface area (Å²) in [5, 5.41) is 19.2. The van der Waals surface area contributed by atoms with Gasteiger partial charge in [0, 0.05) is 5.92 Å². The third-order valence-corrected chi connectivity index (χ3v) is 3.82. The summed E-state index contributed by atoms with van der Waals surface area (Å²) in [5.74, 6) is -0.371. The van der Waals surface area contributed by atoms with Crippen molar-refractivity contribution in [3.8, 4) is 0 Å². The summed E-state index contributed by atoms with van der Waals surface area (Å²) < 4.78 is 27.5. The number of nitrogens with two attached hydrogens (primary N) is 1. The average Bonchev–Trinajstić information content (AvgIpc) is 2.98. The number of aromatic amines is 1. The van der Waals surface area contributed by atoms with E-state index in [1.165, 1.54) is 6.33 Å². The highest BCUT2D eigenvalue weighted by Crippen LogP contribution is 2.39. The van der Waals surface area contributed by atoms with Gasteiger partial charge in [-0.15, -0.1) is 0 Å². The second-order valence-electron chi connectivity index (χ2n) is 5.69. The van der Waals surface area contributed by atoms with E-state index in [0.29, 0.717) is 23.9 Å². The molecule has 3 rings (SSSR count). The maximum Gasteiger partial charge on any atom is 0.280 e. The van der Waals surface area contributed by atoms with Crippen LogP contribution in [0.4, 0.5) is 5.95 Å². The average molecular weight is 373 g/mol. The summed E-state index contributed by atoms with van der Waals surface area (Å²) in [7, 11) is -3.67. The topological polar surface area (TPSA) is 184 Å². The van der Waals surface area contributed by atoms with Crippen molar-refractivity contribution in [2.75, 3.05) is 18.6 Å². The van der Waals surface area contributed by atoms with Crippen LogP contribution in [0.15, 0.2) is 23.3 Å². The summed E-state index contributed by atoms with van der Waals surface area (Å²) in [5.41, 5.74) is 6.37. The van der Waals surface area contributed by atoms with Crippen LogP contribution in [0.5, 0.6) is 0 Å². The standard InChI is InChI=1S/C12H15N5O3.CH4O3S/c1-5-6(3-18)8(19)2-7(5)17-4-14-9-10(17)15-12(13)16-11(9)20;1-5(2,3)4/h4,6-8,18-19H,1-3H2,(H3,13,15,16,20);1H3,(H,2,3,4)/t6-,7-,8-;/m0./s1. The first-order valence-corrected chi connectivity index (χ1v) is 9.00. The van der Waals surface area contributed by atoms with Crippen LogP contribution in [0.3, 0.4) is 0 Å². The van der Waals surface area contributed by atoms with Crippen molar-refractivity contribution in [2.24, 2.45) is 5.92 Å². The summed E-state index contributed by atoms with van der Waals surface area (Å²) >= 11 is 0. The van der Waals surface area contributed by atoms with Gasteiger partial charge >= 0.3 is 0 Å². The van der Waals surface area contributed by atoms with Gasteiger partial charge < -0.3 is 20.5 Å². The van der Waals surface area contributed by atoms with Gasteiger partial charge in [0.25, 0.3) is 15.7 Å². The number of fused-ring (bicyclic) bond motifs is 1. The normalized spacial score (nSPS) is 23.5. The Labute approximate surface area is 142 Å². The molecule has 11 nitrogen and oxygen atoms in total. The molecule has 0 amide bonds. The van der Waals surface area contributed by atoms with E-state index in [1.807, 2.05) is 0 Å². The Bertz CT molecular complexity index is 941. The molecule has 12 heteroatoms. The first-order chi connectivity index (χ1) is 11.5. The van der Waals surface area contributed by atoms with Gasteiger partial charge in [-0.25, -0.2) is 4.98 Å². The van der Waals surface area contributed by atoms with Crippen LogP contribution in [0, 0.1) is 5.92 Å². The fourth-order valence-electron chi connectivity index (χ4n) is 2.74. The number of nitrogen functional groups attached to an aromatic ring is 1. The minimum absolute atomic E-state index is 0.00659. The lowest BCUT2D eigenvalue weighted by Gasteiger charge is -2.15. The number of H-pyrrole nitrogens is 1. The Morgan fingerprint density at radius 3 is 2.64 bits per heavy atom. The second kappa shape index (κ2) is 6.92. The van der Waals surface area contributed by atoms with Crippen molar-refractivity contribution >= 4 is 27.2 Å². The Balaban J connectivity index is 0.000000399. The molecular formula is C13H19N5O6S. The molecule has 0 saturated heterocycles. The van der Waals surface area contributed by atoms with Gasteiger partial charge in [-0.3, -0.25) is 14.3 Å². The minimum atomic E-state index is -3.67. The third kappa shape index (κ3) is 4.22. The molecule has 0 aliphatic heterocycles. The van der Waals surface area contributed by atoms with Crippen LogP contribution in [0.25, 0.3) is 11.2 Å². The number of rotatable bonds is 2. The number of aliphatic hydroxyl groups excluding tert-OH is 2. The predicted octanol–water partition coefficient (Wildman–Crippen LogP) is -1.32. The number of aromatic nitrogens is 4. The largest absolute Gasteiger partial charge is 0.396 e. The lowest BCUT2D eigenvalue weighted by Crippen LogP contribution is -2.17. The lowest BCUT2D eigenvalue weighted by molar-refractivity contribution is 0.101. The van der Waals surface area contributed by atoms with Crippen molar-refractivity contribution in [3.05, 3.63) is 28.8 Å². The summed E-state index contributed by atoms with van der Waals surface area (Å²) in [6.45, 7) is 3.76. The van der Waals surface area contributed by atoms with E-state index in [9.17, 15) is 23.4 Å². The summed E-state index contributed by atoms with van der Waals surface area (Å²) in [4.78, 5) is 22.2. The number of aliphatic hydroxyl groups is 2. The van der Waals surface area contributed by atoms with Crippen LogP contribution < -0.4 is 11.3 Å². The zero-order valence-electron chi connectivity index (χ0n) is 13.3. The molecule has 2 aromatic heterocycles. The van der Waals surface area contributed by atoms with Gasteiger partial charge in [-0.1, -0.05) is 6.58 Å². The molecule has 0 unspecified atom stereocenters. The molecule has 138 valence electrons. The van der Waals surface area contributed by atoms with E-state index in [4.69, 9.17) is 10.3 Å². The Morgan fingerprint density at radius 1 is 1.52 bits per heavy atom. The van der Waals surface area contributed by atoms with Crippen LogP contribution in [0.2, 0.25) is 0 Å². The highest BCUT2D eigenvalue weighted by Gasteiger charge is 2.37. The highest BCUT2D eigenvalue weighted by atomic mass is 32.2. The molecule has 25 heavy (non-hydrogen) atoms. The first-order valence-electron chi connectivity index (χ1n) is 7.15. The zero-order valence-corrected chi connectivity index (χ0v) is 14.1. The monoisotopic (exact) mass is 373 g/mol. The number of anilines is 1. The molecule has 1 aliphatic rings. The summed E-state index contributed by atoms with van der Waals surface area (Å²) in [6.07, 6.45) is 1.92. The van der Waals surface area contributed by atoms with Gasteiger partial charge in [0.1, 0.15) is 0 Å². The van der Waals surface area contributed by atoms with Gasteiger partial charge in [0.05, 0.1) is 31.3 Å². The predicted molar refractivity (Wildman–Crippen MR) is 89.4 cm³/mol. The van der Waals surface area contributed by atoms with Crippen LogP contribution >= 0.6 is 0 Å². The fraction of sp³-hybridized carbons (Fsp3) is 0.462. The SMILES string of the molecule is C=C1[C@H](CO)[C@@H](O)C[C@@H]1n1cnc2c(=O)[nH]c(N)nc21.CS(=O)(=O)O. The molecule has 2 aromatic rings. The molecule has 1 aliphatic carbocycles. The van der Waals surface area contributed by atoms with Gasteiger partial charge in [-0.05, 0) is 12.0 Å². The van der Waals surface area contributed by atoms with E-state index in [0.717, 1.165) is 0 Å². The molecule has 0 aromatic carbocycles. The van der Waals surface area contributed by atoms with Crippen LogP contribution in [-0.4, -0.2) is 61.7 Å². The first kappa shape index (κ1) is 19.1. The van der Waals surface area contributed by atoms with Crippen LogP contribution in [-0.2, 0) is 10.1 Å². The molecule has 1 fully saturated rings. The number of hydrogen-bond acceptors (Lipinski definition) is 8. The maximum atomic E-state index is 11.7. The molecular weight excluding hydrogens is 354 g/mol. The number of hydrogen-bond donors (Lipinski definition) is 5. The molecule has 1 saturated carbocycles. The highest BCUT2D eigenvalue weighted by molar-refractivity contribution is 7.85. The van der Waals surface area contributed by atoms with Gasteiger partial charge in [0.2, 0.25) is 5.95 Å². The van der Waals surface area contributed by atoms with E-state index >= 15 is 0 Å². The van der Waals surface area contributed by atoms with Crippen molar-refractivity contribution in [3.63, 3.8) is 0 Å². The smallest absolute Gasteiger partial charge is 0.280 e. The number of imidazole rings is 1. The van der Waals surface area contributed by atoms with E-state index in [2.05, 4.69) is 21.5 Å². The van der Waals surface area contributed by atoms with Crippen LogP contribution in [0.1, 0.15) is 12.5 Å². The molecule has 3 atom stereocenters. The molecule has 0 bridgehead atoms. The van der Waals surface area contributed by atoms with E-state index < -0.39 is 21.8 Å². The van der Waals surface area contributed by atoms with E-state index in [1.54, 1.807) is 4.57 Å². The third-order valence-electron chi connectivity index (χ3n) is 3.82. The Hall–Kier alpha value is -2.28. The number of nitrogens with one attached hydrogen (secondary N) is 1. The van der Waals surface area contributed by atoms with Crippen molar-refractivity contribution in [2.45, 2.75) is 18.6 Å². The molecule has 2 heterocycles. The zero-order chi connectivity index (χ0) is 18.9. The Kier molecular flexibility index (Phi) is 5.27.